The van der Waals surface area contributed by atoms with Crippen molar-refractivity contribution in [1.82, 2.24) is 14.1 Å². The molecule has 3 heterocycles. The number of sulfonamides is 1. The maximum Gasteiger partial charge on any atom is 0.243 e. The van der Waals surface area contributed by atoms with Crippen LogP contribution in [0.1, 0.15) is 30.9 Å². The van der Waals surface area contributed by atoms with Gasteiger partial charge in [-0.3, -0.25) is 9.48 Å². The van der Waals surface area contributed by atoms with Crippen LogP contribution in [0.15, 0.2) is 36.7 Å². The van der Waals surface area contributed by atoms with E-state index in [1.54, 1.807) is 24.0 Å². The molecule has 2 aliphatic heterocycles. The third-order valence-electron chi connectivity index (χ3n) is 5.55. The number of rotatable bonds is 6. The summed E-state index contributed by atoms with van der Waals surface area (Å²) >= 11 is 0. The molecule has 1 saturated heterocycles. The van der Waals surface area contributed by atoms with E-state index in [0.717, 1.165) is 30.6 Å². The predicted molar refractivity (Wildman–Crippen MR) is 109 cm³/mol. The van der Waals surface area contributed by atoms with Crippen LogP contribution < -0.4 is 5.32 Å². The second-order valence-electron chi connectivity index (χ2n) is 7.51. The Bertz CT molecular complexity index is 982. The molecule has 2 unspecified atom stereocenters. The van der Waals surface area contributed by atoms with Crippen LogP contribution in [0.25, 0.3) is 0 Å². The van der Waals surface area contributed by atoms with Crippen molar-refractivity contribution in [2.24, 2.45) is 0 Å². The molecule has 2 aromatic rings. The van der Waals surface area contributed by atoms with Crippen molar-refractivity contribution in [3.05, 3.63) is 47.8 Å². The number of hydrogen-bond acceptors (Lipinski definition) is 5. The van der Waals surface area contributed by atoms with Crippen molar-refractivity contribution < 1.29 is 17.9 Å². The molecule has 1 amide bonds. The highest BCUT2D eigenvalue weighted by molar-refractivity contribution is 7.89. The van der Waals surface area contributed by atoms with Crippen molar-refractivity contribution in [2.45, 2.75) is 51.4 Å². The number of nitrogens with one attached hydrogen (secondary N) is 1. The first-order chi connectivity index (χ1) is 14.0. The van der Waals surface area contributed by atoms with Gasteiger partial charge in [0.2, 0.25) is 15.9 Å². The van der Waals surface area contributed by atoms with Crippen LogP contribution in [-0.4, -0.2) is 52.9 Å². The Hall–Kier alpha value is -2.23. The molecule has 2 aliphatic rings. The van der Waals surface area contributed by atoms with Crippen LogP contribution in [0.4, 0.5) is 5.69 Å². The number of anilines is 1. The van der Waals surface area contributed by atoms with Crippen molar-refractivity contribution in [1.29, 1.82) is 0 Å². The maximum atomic E-state index is 13.0. The average molecular weight is 419 g/mol. The molecule has 29 heavy (non-hydrogen) atoms. The fourth-order valence-electron chi connectivity index (χ4n) is 3.93. The Morgan fingerprint density at radius 3 is 2.83 bits per heavy atom. The normalized spacial score (nSPS) is 22.4. The summed E-state index contributed by atoms with van der Waals surface area (Å²) in [6.07, 6.45) is 5.91. The minimum Gasteiger partial charge on any atom is -0.376 e. The van der Waals surface area contributed by atoms with Crippen molar-refractivity contribution >= 4 is 21.6 Å². The second kappa shape index (κ2) is 8.25. The van der Waals surface area contributed by atoms with Gasteiger partial charge >= 0.3 is 0 Å². The van der Waals surface area contributed by atoms with Gasteiger partial charge in [0.1, 0.15) is 6.04 Å². The molecule has 156 valence electrons. The van der Waals surface area contributed by atoms with E-state index in [1.165, 1.54) is 4.31 Å². The molecule has 1 N–H and O–H groups in total. The number of aromatic nitrogens is 2. The van der Waals surface area contributed by atoms with E-state index in [4.69, 9.17) is 4.74 Å². The molecule has 2 atom stereocenters. The lowest BCUT2D eigenvalue weighted by molar-refractivity contribution is -0.120. The zero-order valence-electron chi connectivity index (χ0n) is 16.5. The van der Waals surface area contributed by atoms with Crippen LogP contribution in [0, 0.1) is 0 Å². The lowest BCUT2D eigenvalue weighted by atomic mass is 9.95. The fourth-order valence-corrected chi connectivity index (χ4v) is 5.16. The summed E-state index contributed by atoms with van der Waals surface area (Å²) in [4.78, 5) is 13.0. The van der Waals surface area contributed by atoms with Crippen LogP contribution >= 0.6 is 0 Å². The molecule has 1 aromatic carbocycles. The Morgan fingerprint density at radius 1 is 1.31 bits per heavy atom. The van der Waals surface area contributed by atoms with Gasteiger partial charge in [0.05, 0.1) is 30.3 Å². The monoisotopic (exact) mass is 418 g/mol. The van der Waals surface area contributed by atoms with Gasteiger partial charge in [0.15, 0.2) is 0 Å². The van der Waals surface area contributed by atoms with Gasteiger partial charge in [0, 0.05) is 19.3 Å². The molecular formula is C20H26N4O4S. The van der Waals surface area contributed by atoms with E-state index in [1.807, 2.05) is 24.3 Å². The smallest absolute Gasteiger partial charge is 0.243 e. The van der Waals surface area contributed by atoms with Gasteiger partial charge < -0.3 is 10.1 Å². The fraction of sp³-hybridized carbons (Fsp3) is 0.500. The van der Waals surface area contributed by atoms with E-state index in [-0.39, 0.29) is 24.3 Å². The lowest BCUT2D eigenvalue weighted by Gasteiger charge is -2.34. The number of nitrogens with zero attached hydrogens (tertiary/aromatic N) is 3. The number of ether oxygens (including phenoxy) is 1. The van der Waals surface area contributed by atoms with Crippen LogP contribution in [-0.2, 0) is 39.1 Å². The zero-order chi connectivity index (χ0) is 20.4. The third kappa shape index (κ3) is 4.36. The topological polar surface area (TPSA) is 93.5 Å². The van der Waals surface area contributed by atoms with E-state index in [0.29, 0.717) is 18.7 Å². The van der Waals surface area contributed by atoms with E-state index in [2.05, 4.69) is 10.4 Å². The molecule has 9 heteroatoms. The summed E-state index contributed by atoms with van der Waals surface area (Å²) in [5.74, 6) is -0.383. The largest absolute Gasteiger partial charge is 0.376 e. The van der Waals surface area contributed by atoms with E-state index in [9.17, 15) is 13.2 Å². The van der Waals surface area contributed by atoms with Crippen LogP contribution in [0.2, 0.25) is 0 Å². The molecule has 0 saturated carbocycles. The minimum atomic E-state index is -3.53. The highest BCUT2D eigenvalue weighted by Crippen LogP contribution is 2.27. The zero-order valence-corrected chi connectivity index (χ0v) is 17.3. The van der Waals surface area contributed by atoms with Crippen molar-refractivity contribution in [3.63, 3.8) is 0 Å². The molecule has 0 radical (unpaired) electrons. The predicted octanol–water partition coefficient (Wildman–Crippen LogP) is 1.78. The Kier molecular flexibility index (Phi) is 5.71. The molecule has 1 fully saturated rings. The number of carbonyl (C=O) groups excluding carboxylic acids is 1. The van der Waals surface area contributed by atoms with Gasteiger partial charge in [-0.25, -0.2) is 8.42 Å². The SMILES string of the molecule is CCS(=O)(=O)N1Cc2ccccc2CC1C(=O)Nc1cnn(CC2CCCO2)c1. The summed E-state index contributed by atoms with van der Waals surface area (Å²) in [6, 6.07) is 6.88. The number of benzene rings is 1. The number of carbonyl (C=O) groups is 1. The molecular weight excluding hydrogens is 392 g/mol. The summed E-state index contributed by atoms with van der Waals surface area (Å²) in [7, 11) is -3.53. The number of hydrogen-bond donors (Lipinski definition) is 1. The van der Waals surface area contributed by atoms with Gasteiger partial charge in [-0.15, -0.1) is 0 Å². The maximum absolute atomic E-state index is 13.0. The first-order valence-electron chi connectivity index (χ1n) is 9.97. The van der Waals surface area contributed by atoms with Gasteiger partial charge in [-0.05, 0) is 37.3 Å². The summed E-state index contributed by atoms with van der Waals surface area (Å²) in [6.45, 7) is 3.23. The molecule has 4 rings (SSSR count). The molecule has 8 nitrogen and oxygen atoms in total. The highest BCUT2D eigenvalue weighted by atomic mass is 32.2. The van der Waals surface area contributed by atoms with Gasteiger partial charge in [-0.2, -0.15) is 9.40 Å². The summed E-state index contributed by atoms with van der Waals surface area (Å²) in [5, 5.41) is 7.13. The summed E-state index contributed by atoms with van der Waals surface area (Å²) < 4.78 is 34.0. The Balaban J connectivity index is 1.50. The molecule has 1 aromatic heterocycles. The third-order valence-corrected chi connectivity index (χ3v) is 7.37. The summed E-state index contributed by atoms with van der Waals surface area (Å²) in [5.41, 5.74) is 2.50. The first-order valence-corrected chi connectivity index (χ1v) is 11.6. The van der Waals surface area contributed by atoms with Crippen molar-refractivity contribution in [2.75, 3.05) is 17.7 Å². The quantitative estimate of drug-likeness (QED) is 0.772. The van der Waals surface area contributed by atoms with E-state index >= 15 is 0 Å². The molecule has 0 bridgehead atoms. The lowest BCUT2D eigenvalue weighted by Crippen LogP contribution is -2.51. The van der Waals surface area contributed by atoms with E-state index < -0.39 is 16.1 Å². The Labute approximate surface area is 170 Å². The second-order valence-corrected chi connectivity index (χ2v) is 9.72. The minimum absolute atomic E-state index is 0.0434. The van der Waals surface area contributed by atoms with Crippen LogP contribution in [0.3, 0.4) is 0 Å². The van der Waals surface area contributed by atoms with Gasteiger partial charge in [-0.1, -0.05) is 24.3 Å². The standard InChI is InChI=1S/C20H26N4O4S/c1-2-29(26,27)24-12-16-7-4-3-6-15(16)10-19(24)20(25)22-17-11-21-23(13-17)14-18-8-5-9-28-18/h3-4,6-7,11,13,18-19H,2,5,8-10,12,14H2,1H3,(H,22,25). The Morgan fingerprint density at radius 2 is 2.10 bits per heavy atom. The number of amides is 1. The molecule has 0 spiro atoms. The van der Waals surface area contributed by atoms with Gasteiger partial charge in [0.25, 0.3) is 0 Å². The average Bonchev–Trinajstić information content (AvgIpc) is 3.39. The highest BCUT2D eigenvalue weighted by Gasteiger charge is 2.38. The number of fused-ring (bicyclic) bond motifs is 1. The van der Waals surface area contributed by atoms with Crippen LogP contribution in [0.5, 0.6) is 0 Å². The first kappa shape index (κ1) is 20.1. The molecule has 0 aliphatic carbocycles. The van der Waals surface area contributed by atoms with Crippen molar-refractivity contribution in [3.8, 4) is 0 Å².